The number of furan rings is 1. The first-order valence-electron chi connectivity index (χ1n) is 8.19. The Balaban J connectivity index is 2.08. The molecule has 0 amide bonds. The van der Waals surface area contributed by atoms with Crippen molar-refractivity contribution < 1.29 is 18.7 Å². The van der Waals surface area contributed by atoms with Crippen LogP contribution in [0.25, 0.3) is 33.1 Å². The van der Waals surface area contributed by atoms with Crippen LogP contribution in [0, 0.1) is 13.8 Å². The molecule has 0 N–H and O–H groups in total. The van der Waals surface area contributed by atoms with Gasteiger partial charge in [-0.3, -0.25) is 0 Å². The monoisotopic (exact) mass is 347 g/mol. The van der Waals surface area contributed by atoms with Gasteiger partial charge in [0.15, 0.2) is 0 Å². The molecule has 0 unspecified atom stereocenters. The fraction of sp³-hybridized carbons (Fsp3) is 0.143. The first-order valence-corrected chi connectivity index (χ1v) is 8.19. The van der Waals surface area contributed by atoms with E-state index in [2.05, 4.69) is 0 Å². The highest BCUT2D eigenvalue weighted by molar-refractivity contribution is 6.05. The van der Waals surface area contributed by atoms with Gasteiger partial charge in [-0.15, -0.1) is 0 Å². The average molecular weight is 347 g/mol. The minimum atomic E-state index is -1.31. The predicted molar refractivity (Wildman–Crippen MR) is 95.9 cm³/mol. The SMILES string of the molecule is Cc1c(CC(=O)[O-])c(=O)oc2c(C)c3occ(-c4ccccc4)c3cc12. The number of aliphatic carboxylic acids is 1. The second-order valence-corrected chi connectivity index (χ2v) is 6.31. The van der Waals surface area contributed by atoms with Crippen molar-refractivity contribution in [3.63, 3.8) is 0 Å². The summed E-state index contributed by atoms with van der Waals surface area (Å²) in [6.07, 6.45) is 1.21. The molecule has 0 spiro atoms. The van der Waals surface area contributed by atoms with E-state index in [9.17, 15) is 14.7 Å². The van der Waals surface area contributed by atoms with E-state index in [0.29, 0.717) is 27.7 Å². The second-order valence-electron chi connectivity index (χ2n) is 6.31. The maximum atomic E-state index is 12.2. The number of aryl methyl sites for hydroxylation is 2. The largest absolute Gasteiger partial charge is 0.550 e. The quantitative estimate of drug-likeness (QED) is 0.532. The highest BCUT2D eigenvalue weighted by atomic mass is 16.4. The van der Waals surface area contributed by atoms with Crippen LogP contribution in [0.3, 0.4) is 0 Å². The highest BCUT2D eigenvalue weighted by Gasteiger charge is 2.18. The Hall–Kier alpha value is -3.34. The Morgan fingerprint density at radius 3 is 2.46 bits per heavy atom. The third kappa shape index (κ3) is 2.40. The molecule has 4 rings (SSSR count). The third-order valence-corrected chi connectivity index (χ3v) is 4.75. The molecule has 0 saturated heterocycles. The molecule has 2 aromatic heterocycles. The number of carbonyl (C=O) groups excluding carboxylic acids is 1. The van der Waals surface area contributed by atoms with Gasteiger partial charge in [0.05, 0.1) is 6.26 Å². The van der Waals surface area contributed by atoms with Crippen LogP contribution in [-0.2, 0) is 11.2 Å². The van der Waals surface area contributed by atoms with Crippen molar-refractivity contribution in [3.05, 3.63) is 69.8 Å². The minimum Gasteiger partial charge on any atom is -0.550 e. The van der Waals surface area contributed by atoms with Gasteiger partial charge in [-0.1, -0.05) is 30.3 Å². The molecule has 4 aromatic rings. The average Bonchev–Trinajstić information content (AvgIpc) is 3.05. The first kappa shape index (κ1) is 16.1. The molecule has 5 nitrogen and oxygen atoms in total. The molecule has 0 bridgehead atoms. The zero-order valence-corrected chi connectivity index (χ0v) is 14.3. The zero-order chi connectivity index (χ0) is 18.4. The number of carboxylic acid groups (broad SMARTS) is 1. The van der Waals surface area contributed by atoms with Crippen LogP contribution in [0.4, 0.5) is 0 Å². The van der Waals surface area contributed by atoms with E-state index in [-0.39, 0.29) is 5.56 Å². The topological polar surface area (TPSA) is 83.5 Å². The fourth-order valence-electron chi connectivity index (χ4n) is 3.39. The summed E-state index contributed by atoms with van der Waals surface area (Å²) in [5.41, 5.74) is 3.75. The van der Waals surface area contributed by atoms with Crippen molar-refractivity contribution in [1.82, 2.24) is 0 Å². The van der Waals surface area contributed by atoms with Crippen LogP contribution in [0.2, 0.25) is 0 Å². The minimum absolute atomic E-state index is 0.112. The third-order valence-electron chi connectivity index (χ3n) is 4.75. The molecule has 0 aliphatic rings. The summed E-state index contributed by atoms with van der Waals surface area (Å²) in [6.45, 7) is 3.55. The van der Waals surface area contributed by atoms with E-state index in [4.69, 9.17) is 8.83 Å². The molecule has 0 radical (unpaired) electrons. The van der Waals surface area contributed by atoms with Crippen molar-refractivity contribution in [2.45, 2.75) is 20.3 Å². The van der Waals surface area contributed by atoms with Crippen LogP contribution >= 0.6 is 0 Å². The summed E-state index contributed by atoms with van der Waals surface area (Å²) in [5.74, 6) is -1.31. The molecular weight excluding hydrogens is 332 g/mol. The standard InChI is InChI=1S/C21H16O5/c1-11-14-8-16-17(13-6-4-3-5-7-13)10-25-19(16)12(2)20(14)26-21(24)15(11)9-18(22)23/h3-8,10H,9H2,1-2H3,(H,22,23)/p-1. The number of hydrogen-bond donors (Lipinski definition) is 0. The van der Waals surface area contributed by atoms with Crippen molar-refractivity contribution in [3.8, 4) is 11.1 Å². The van der Waals surface area contributed by atoms with Crippen LogP contribution in [0.15, 0.2) is 56.3 Å². The predicted octanol–water partition coefficient (Wildman–Crippen LogP) is 3.12. The summed E-state index contributed by atoms with van der Waals surface area (Å²) in [5, 5.41) is 12.6. The fourth-order valence-corrected chi connectivity index (χ4v) is 3.39. The van der Waals surface area contributed by atoms with Gasteiger partial charge in [0.1, 0.15) is 11.2 Å². The molecule has 2 heterocycles. The molecule has 26 heavy (non-hydrogen) atoms. The van der Waals surface area contributed by atoms with Crippen LogP contribution < -0.4 is 10.7 Å². The van der Waals surface area contributed by atoms with E-state index < -0.39 is 18.0 Å². The lowest BCUT2D eigenvalue weighted by Gasteiger charge is -2.10. The molecule has 0 saturated carbocycles. The van der Waals surface area contributed by atoms with Crippen molar-refractivity contribution in [2.75, 3.05) is 0 Å². The van der Waals surface area contributed by atoms with E-state index in [1.165, 1.54) is 0 Å². The normalized spacial score (nSPS) is 11.3. The molecule has 130 valence electrons. The Bertz CT molecular complexity index is 1210. The van der Waals surface area contributed by atoms with Gasteiger partial charge in [0.25, 0.3) is 0 Å². The number of rotatable bonds is 3. The van der Waals surface area contributed by atoms with E-state index in [1.54, 1.807) is 13.2 Å². The Kier molecular flexibility index (Phi) is 3.65. The van der Waals surface area contributed by atoms with Gasteiger partial charge in [0.2, 0.25) is 0 Å². The molecular formula is C21H15O5-. The maximum absolute atomic E-state index is 12.2. The summed E-state index contributed by atoms with van der Waals surface area (Å²) >= 11 is 0. The summed E-state index contributed by atoms with van der Waals surface area (Å²) in [7, 11) is 0. The van der Waals surface area contributed by atoms with Gasteiger partial charge in [-0.05, 0) is 31.0 Å². The summed E-state index contributed by atoms with van der Waals surface area (Å²) < 4.78 is 11.2. The summed E-state index contributed by atoms with van der Waals surface area (Å²) in [6, 6.07) is 11.7. The number of carbonyl (C=O) groups is 1. The number of benzene rings is 2. The zero-order valence-electron chi connectivity index (χ0n) is 14.3. The second kappa shape index (κ2) is 5.88. The van der Waals surface area contributed by atoms with E-state index >= 15 is 0 Å². The molecule has 0 aliphatic carbocycles. The molecule has 2 aromatic carbocycles. The Morgan fingerprint density at radius 2 is 1.77 bits per heavy atom. The number of carboxylic acids is 1. The van der Waals surface area contributed by atoms with Gasteiger partial charge in [0, 0.05) is 39.9 Å². The van der Waals surface area contributed by atoms with Gasteiger partial charge in [-0.25, -0.2) is 4.79 Å². The van der Waals surface area contributed by atoms with Crippen LogP contribution in [-0.4, -0.2) is 5.97 Å². The highest BCUT2D eigenvalue weighted by Crippen LogP contribution is 2.37. The smallest absolute Gasteiger partial charge is 0.340 e. The summed E-state index contributed by atoms with van der Waals surface area (Å²) in [4.78, 5) is 23.2. The Labute approximate surface area is 148 Å². The van der Waals surface area contributed by atoms with Crippen LogP contribution in [0.1, 0.15) is 16.7 Å². The Morgan fingerprint density at radius 1 is 1.04 bits per heavy atom. The van der Waals surface area contributed by atoms with Gasteiger partial charge < -0.3 is 18.7 Å². The van der Waals surface area contributed by atoms with Gasteiger partial charge in [-0.2, -0.15) is 0 Å². The number of hydrogen-bond acceptors (Lipinski definition) is 5. The van der Waals surface area contributed by atoms with Crippen molar-refractivity contribution in [1.29, 1.82) is 0 Å². The molecule has 0 aliphatic heterocycles. The van der Waals surface area contributed by atoms with Crippen molar-refractivity contribution >= 4 is 27.9 Å². The first-order chi connectivity index (χ1) is 12.5. The van der Waals surface area contributed by atoms with E-state index in [0.717, 1.165) is 16.5 Å². The maximum Gasteiger partial charge on any atom is 0.340 e. The lowest BCUT2D eigenvalue weighted by molar-refractivity contribution is -0.304. The lowest BCUT2D eigenvalue weighted by Crippen LogP contribution is -2.27. The number of fused-ring (bicyclic) bond motifs is 2. The lowest BCUT2D eigenvalue weighted by atomic mass is 9.97. The molecule has 0 fully saturated rings. The van der Waals surface area contributed by atoms with Crippen molar-refractivity contribution in [2.24, 2.45) is 0 Å². The van der Waals surface area contributed by atoms with E-state index in [1.807, 2.05) is 43.3 Å². The molecule has 0 atom stereocenters. The molecule has 5 heteroatoms. The van der Waals surface area contributed by atoms with Gasteiger partial charge >= 0.3 is 5.63 Å². The van der Waals surface area contributed by atoms with Crippen LogP contribution in [0.5, 0.6) is 0 Å².